The molecule has 25 heavy (non-hydrogen) atoms. The van der Waals surface area contributed by atoms with Crippen LogP contribution in [0.1, 0.15) is 24.6 Å². The summed E-state index contributed by atoms with van der Waals surface area (Å²) in [4.78, 5) is 18.6. The Morgan fingerprint density at radius 1 is 1.12 bits per heavy atom. The second-order valence-electron chi connectivity index (χ2n) is 6.01. The normalized spacial score (nSPS) is 17.5. The summed E-state index contributed by atoms with van der Waals surface area (Å²) in [6.45, 7) is 1.71. The number of H-pyrrole nitrogens is 1. The molecule has 1 aromatic carbocycles. The van der Waals surface area contributed by atoms with Crippen LogP contribution in [-0.4, -0.2) is 33.0 Å². The molecule has 3 aromatic rings. The minimum absolute atomic E-state index is 0.298. The molecule has 0 saturated carbocycles. The van der Waals surface area contributed by atoms with Crippen LogP contribution in [0.5, 0.6) is 11.6 Å². The van der Waals surface area contributed by atoms with Gasteiger partial charge in [-0.15, -0.1) is 0 Å². The molecule has 1 atom stereocenters. The monoisotopic (exact) mass is 339 g/mol. The third-order valence-electron chi connectivity index (χ3n) is 4.26. The first-order valence-electron chi connectivity index (χ1n) is 8.28. The van der Waals surface area contributed by atoms with Gasteiger partial charge in [-0.1, -0.05) is 0 Å². The summed E-state index contributed by atoms with van der Waals surface area (Å²) in [6, 6.07) is 7.56. The van der Waals surface area contributed by atoms with E-state index in [1.807, 2.05) is 6.20 Å². The Hall–Kier alpha value is -2.96. The summed E-state index contributed by atoms with van der Waals surface area (Å²) in [5.74, 6) is 2.66. The zero-order chi connectivity index (χ0) is 17.1. The highest BCUT2D eigenvalue weighted by molar-refractivity contribution is 5.35. The lowest BCUT2D eigenvalue weighted by Gasteiger charge is -2.31. The molecule has 0 bridgehead atoms. The van der Waals surface area contributed by atoms with E-state index in [-0.39, 0.29) is 5.82 Å². The maximum absolute atomic E-state index is 13.0. The van der Waals surface area contributed by atoms with Crippen molar-refractivity contribution in [3.8, 4) is 11.6 Å². The van der Waals surface area contributed by atoms with Crippen molar-refractivity contribution in [3.63, 3.8) is 0 Å². The minimum atomic E-state index is -0.298. The summed E-state index contributed by atoms with van der Waals surface area (Å²) in [5.41, 5.74) is 0. The van der Waals surface area contributed by atoms with E-state index in [0.717, 1.165) is 31.8 Å². The summed E-state index contributed by atoms with van der Waals surface area (Å²) in [5, 5.41) is 0. The zero-order valence-corrected chi connectivity index (χ0v) is 13.6. The first kappa shape index (κ1) is 15.6. The van der Waals surface area contributed by atoms with Gasteiger partial charge < -0.3 is 14.6 Å². The second-order valence-corrected chi connectivity index (χ2v) is 6.01. The predicted octanol–water partition coefficient (Wildman–Crippen LogP) is 3.52. The van der Waals surface area contributed by atoms with Crippen LogP contribution in [0.3, 0.4) is 0 Å². The number of aromatic nitrogens is 4. The Labute approximate surface area is 144 Å². The number of aromatic amines is 1. The fraction of sp³-hybridized carbons (Fsp3) is 0.278. The molecule has 1 aliphatic rings. The Morgan fingerprint density at radius 2 is 2.00 bits per heavy atom. The van der Waals surface area contributed by atoms with E-state index in [0.29, 0.717) is 23.5 Å². The predicted molar refractivity (Wildman–Crippen MR) is 91.3 cm³/mol. The Balaban J connectivity index is 1.49. The Bertz CT molecular complexity index is 822. The van der Waals surface area contributed by atoms with Gasteiger partial charge in [-0.3, -0.25) is 0 Å². The molecule has 0 amide bonds. The van der Waals surface area contributed by atoms with E-state index in [2.05, 4.69) is 24.8 Å². The highest BCUT2D eigenvalue weighted by atomic mass is 19.1. The number of imidazole rings is 1. The van der Waals surface area contributed by atoms with Crippen LogP contribution in [0.4, 0.5) is 10.3 Å². The van der Waals surface area contributed by atoms with Gasteiger partial charge in [0.05, 0.1) is 0 Å². The average molecular weight is 339 g/mol. The van der Waals surface area contributed by atoms with Gasteiger partial charge in [0, 0.05) is 43.7 Å². The Kier molecular flexibility index (Phi) is 4.28. The van der Waals surface area contributed by atoms with Crippen LogP contribution >= 0.6 is 0 Å². The van der Waals surface area contributed by atoms with E-state index in [4.69, 9.17) is 4.74 Å². The number of halogens is 1. The summed E-state index contributed by atoms with van der Waals surface area (Å²) >= 11 is 0. The first-order chi connectivity index (χ1) is 12.3. The molecular weight excluding hydrogens is 321 g/mol. The van der Waals surface area contributed by atoms with Crippen LogP contribution in [0, 0.1) is 5.82 Å². The second kappa shape index (κ2) is 6.88. The highest BCUT2D eigenvalue weighted by Gasteiger charge is 2.24. The lowest BCUT2D eigenvalue weighted by atomic mass is 9.98. The van der Waals surface area contributed by atoms with Gasteiger partial charge in [0.1, 0.15) is 17.4 Å². The molecule has 1 saturated heterocycles. The maximum Gasteiger partial charge on any atom is 0.228 e. The van der Waals surface area contributed by atoms with Crippen molar-refractivity contribution in [1.82, 2.24) is 19.9 Å². The molecule has 1 unspecified atom stereocenters. The van der Waals surface area contributed by atoms with Crippen molar-refractivity contribution in [2.45, 2.75) is 18.8 Å². The minimum Gasteiger partial charge on any atom is -0.439 e. The van der Waals surface area contributed by atoms with E-state index in [1.165, 1.54) is 12.1 Å². The van der Waals surface area contributed by atoms with E-state index >= 15 is 0 Å². The van der Waals surface area contributed by atoms with Crippen molar-refractivity contribution >= 4 is 5.95 Å². The molecule has 0 radical (unpaired) electrons. The third kappa shape index (κ3) is 3.60. The summed E-state index contributed by atoms with van der Waals surface area (Å²) in [6.07, 6.45) is 7.45. The molecule has 7 heteroatoms. The van der Waals surface area contributed by atoms with Crippen LogP contribution in [0.2, 0.25) is 0 Å². The van der Waals surface area contributed by atoms with Crippen LogP contribution in [0.15, 0.2) is 48.9 Å². The number of nitrogens with zero attached hydrogens (tertiary/aromatic N) is 4. The van der Waals surface area contributed by atoms with Gasteiger partial charge in [-0.25, -0.2) is 14.4 Å². The smallest absolute Gasteiger partial charge is 0.228 e. The molecule has 0 aliphatic carbocycles. The number of benzene rings is 1. The highest BCUT2D eigenvalue weighted by Crippen LogP contribution is 2.28. The van der Waals surface area contributed by atoms with Gasteiger partial charge in [-0.2, -0.15) is 4.98 Å². The van der Waals surface area contributed by atoms with Gasteiger partial charge in [0.25, 0.3) is 0 Å². The summed E-state index contributed by atoms with van der Waals surface area (Å²) in [7, 11) is 0. The molecule has 6 nitrogen and oxygen atoms in total. The molecule has 2 aromatic heterocycles. The molecule has 1 fully saturated rings. The van der Waals surface area contributed by atoms with E-state index < -0.39 is 0 Å². The van der Waals surface area contributed by atoms with Crippen molar-refractivity contribution in [1.29, 1.82) is 0 Å². The van der Waals surface area contributed by atoms with Crippen molar-refractivity contribution in [3.05, 3.63) is 60.6 Å². The van der Waals surface area contributed by atoms with Gasteiger partial charge in [0.15, 0.2) is 0 Å². The largest absolute Gasteiger partial charge is 0.439 e. The Morgan fingerprint density at radius 3 is 2.80 bits per heavy atom. The van der Waals surface area contributed by atoms with Crippen LogP contribution in [0.25, 0.3) is 0 Å². The fourth-order valence-corrected chi connectivity index (χ4v) is 3.05. The zero-order valence-electron chi connectivity index (χ0n) is 13.6. The van der Waals surface area contributed by atoms with E-state index in [1.54, 1.807) is 30.6 Å². The molecule has 1 aliphatic heterocycles. The van der Waals surface area contributed by atoms with Gasteiger partial charge >= 0.3 is 0 Å². The maximum atomic E-state index is 13.0. The van der Waals surface area contributed by atoms with Crippen molar-refractivity contribution in [2.24, 2.45) is 0 Å². The lowest BCUT2D eigenvalue weighted by molar-refractivity contribution is 0.453. The quantitative estimate of drug-likeness (QED) is 0.788. The third-order valence-corrected chi connectivity index (χ3v) is 4.26. The molecular formula is C18H18FN5O. The van der Waals surface area contributed by atoms with E-state index in [9.17, 15) is 4.39 Å². The number of hydrogen-bond acceptors (Lipinski definition) is 5. The number of rotatable bonds is 4. The summed E-state index contributed by atoms with van der Waals surface area (Å²) < 4.78 is 18.7. The standard InChI is InChI=1S/C18H18FN5O/c19-14-3-5-15(6-4-14)25-16-7-8-22-18(23-16)24-11-1-2-13(12-24)17-20-9-10-21-17/h3-10,13H,1-2,11-12H2,(H,20,21). The fourth-order valence-electron chi connectivity index (χ4n) is 3.05. The average Bonchev–Trinajstić information content (AvgIpc) is 3.19. The number of hydrogen-bond donors (Lipinski definition) is 1. The SMILES string of the molecule is Fc1ccc(Oc2ccnc(N3CCCC(c4ncc[nH]4)C3)n2)cc1. The number of nitrogens with one attached hydrogen (secondary N) is 1. The topological polar surface area (TPSA) is 66.9 Å². The molecule has 128 valence electrons. The molecule has 3 heterocycles. The number of ether oxygens (including phenoxy) is 1. The van der Waals surface area contributed by atoms with Gasteiger partial charge in [0.2, 0.25) is 11.8 Å². The van der Waals surface area contributed by atoms with Crippen molar-refractivity contribution in [2.75, 3.05) is 18.0 Å². The van der Waals surface area contributed by atoms with Crippen LogP contribution in [-0.2, 0) is 0 Å². The lowest BCUT2D eigenvalue weighted by Crippen LogP contribution is -2.35. The first-order valence-corrected chi connectivity index (χ1v) is 8.28. The molecule has 1 N–H and O–H groups in total. The molecule has 0 spiro atoms. The van der Waals surface area contributed by atoms with Crippen molar-refractivity contribution < 1.29 is 9.13 Å². The number of anilines is 1. The molecule has 4 rings (SSSR count). The van der Waals surface area contributed by atoms with Crippen LogP contribution < -0.4 is 9.64 Å². The van der Waals surface area contributed by atoms with Gasteiger partial charge in [-0.05, 0) is 37.1 Å². The number of piperidine rings is 1.